The molecule has 0 saturated carbocycles. The maximum Gasteiger partial charge on any atom is 0.251 e. The van der Waals surface area contributed by atoms with Crippen molar-refractivity contribution >= 4 is 16.7 Å². The van der Waals surface area contributed by atoms with Gasteiger partial charge in [-0.1, -0.05) is 6.07 Å². The largest absolute Gasteiger partial charge is 0.508 e. The molecule has 16 heavy (non-hydrogen) atoms. The van der Waals surface area contributed by atoms with Crippen molar-refractivity contribution in [3.05, 3.63) is 29.8 Å². The van der Waals surface area contributed by atoms with Crippen molar-refractivity contribution in [2.45, 2.75) is 6.42 Å². The Morgan fingerprint density at radius 1 is 1.50 bits per heavy atom. The van der Waals surface area contributed by atoms with Crippen LogP contribution in [0.5, 0.6) is 5.75 Å². The average Bonchev–Trinajstić information content (AvgIpc) is 2.24. The Balaban J connectivity index is 2.38. The van der Waals surface area contributed by atoms with Gasteiger partial charge in [-0.15, -0.1) is 0 Å². The van der Waals surface area contributed by atoms with Gasteiger partial charge in [-0.25, -0.2) is 0 Å². The van der Waals surface area contributed by atoms with E-state index in [2.05, 4.69) is 5.32 Å². The van der Waals surface area contributed by atoms with E-state index in [0.29, 0.717) is 24.3 Å². The van der Waals surface area contributed by atoms with Crippen LogP contribution in [-0.4, -0.2) is 33.8 Å². The minimum atomic E-state index is -0.820. The lowest BCUT2D eigenvalue weighted by atomic mass is 10.2. The van der Waals surface area contributed by atoms with Gasteiger partial charge in [0.2, 0.25) is 0 Å². The predicted molar refractivity (Wildman–Crippen MR) is 64.0 cm³/mol. The number of aromatic hydroxyl groups is 1. The number of phenolic OH excluding ortho intramolecular Hbond substituents is 1. The Kier molecular flexibility index (Phi) is 4.98. The Morgan fingerprint density at radius 2 is 2.25 bits per heavy atom. The summed E-state index contributed by atoms with van der Waals surface area (Å²) < 4.78 is 10.8. The van der Waals surface area contributed by atoms with Crippen molar-refractivity contribution in [3.63, 3.8) is 0 Å². The predicted octanol–water partition coefficient (Wildman–Crippen LogP) is 0.891. The molecule has 0 aliphatic carbocycles. The highest BCUT2D eigenvalue weighted by molar-refractivity contribution is 7.84. The molecule has 1 amide bonds. The fourth-order valence-electron chi connectivity index (χ4n) is 1.23. The molecule has 0 spiro atoms. The van der Waals surface area contributed by atoms with Crippen LogP contribution < -0.4 is 5.32 Å². The SMILES string of the molecule is CS(=O)CCCNC(=O)c1cccc(O)c1. The van der Waals surface area contributed by atoms with Crippen LogP contribution in [0.2, 0.25) is 0 Å². The van der Waals surface area contributed by atoms with Crippen LogP contribution in [0.4, 0.5) is 0 Å². The lowest BCUT2D eigenvalue weighted by molar-refractivity contribution is 0.0953. The summed E-state index contributed by atoms with van der Waals surface area (Å²) in [4.78, 5) is 11.5. The number of carbonyl (C=O) groups excluding carboxylic acids is 1. The molecule has 2 N–H and O–H groups in total. The molecule has 0 radical (unpaired) electrons. The highest BCUT2D eigenvalue weighted by atomic mass is 32.2. The summed E-state index contributed by atoms with van der Waals surface area (Å²) in [6, 6.07) is 6.17. The van der Waals surface area contributed by atoms with E-state index in [1.54, 1.807) is 18.4 Å². The van der Waals surface area contributed by atoms with E-state index >= 15 is 0 Å². The molecule has 0 aliphatic heterocycles. The molecule has 0 aliphatic rings. The lowest BCUT2D eigenvalue weighted by Crippen LogP contribution is -2.25. The van der Waals surface area contributed by atoms with E-state index in [4.69, 9.17) is 0 Å². The highest BCUT2D eigenvalue weighted by Gasteiger charge is 2.04. The first-order valence-electron chi connectivity index (χ1n) is 4.97. The zero-order valence-corrected chi connectivity index (χ0v) is 9.92. The fourth-order valence-corrected chi connectivity index (χ4v) is 1.78. The third-order valence-electron chi connectivity index (χ3n) is 2.00. The van der Waals surface area contributed by atoms with Crippen molar-refractivity contribution in [2.24, 2.45) is 0 Å². The van der Waals surface area contributed by atoms with E-state index in [9.17, 15) is 14.1 Å². The third kappa shape index (κ3) is 4.44. The summed E-state index contributed by atoms with van der Waals surface area (Å²) in [7, 11) is -0.820. The Labute approximate surface area is 97.1 Å². The van der Waals surface area contributed by atoms with E-state index < -0.39 is 10.8 Å². The van der Waals surface area contributed by atoms with Crippen molar-refractivity contribution in [3.8, 4) is 5.75 Å². The normalized spacial score (nSPS) is 12.1. The Bertz CT molecular complexity index is 393. The molecule has 88 valence electrons. The number of rotatable bonds is 5. The van der Waals surface area contributed by atoms with Gasteiger partial charge in [-0.05, 0) is 24.6 Å². The summed E-state index contributed by atoms with van der Waals surface area (Å²) in [5.41, 5.74) is 0.428. The molecule has 1 aromatic carbocycles. The molecule has 0 saturated heterocycles. The number of amides is 1. The molecule has 1 atom stereocenters. The summed E-state index contributed by atoms with van der Waals surface area (Å²) in [5.74, 6) is 0.431. The van der Waals surface area contributed by atoms with Gasteiger partial charge < -0.3 is 10.4 Å². The van der Waals surface area contributed by atoms with Crippen molar-refractivity contribution in [1.29, 1.82) is 0 Å². The molecular formula is C11H15NO3S. The van der Waals surface area contributed by atoms with Gasteiger partial charge in [0.05, 0.1) is 0 Å². The van der Waals surface area contributed by atoms with Crippen LogP contribution in [0.3, 0.4) is 0 Å². The molecule has 4 nitrogen and oxygen atoms in total. The number of nitrogens with one attached hydrogen (secondary N) is 1. The van der Waals surface area contributed by atoms with Crippen molar-refractivity contribution < 1.29 is 14.1 Å². The minimum absolute atomic E-state index is 0.0716. The first-order chi connectivity index (χ1) is 7.59. The van der Waals surface area contributed by atoms with Gasteiger partial charge >= 0.3 is 0 Å². The summed E-state index contributed by atoms with van der Waals surface area (Å²) in [6.45, 7) is 0.494. The molecule has 1 aromatic rings. The molecule has 0 aromatic heterocycles. The minimum Gasteiger partial charge on any atom is -0.508 e. The van der Waals surface area contributed by atoms with Crippen LogP contribution in [0.25, 0.3) is 0 Å². The van der Waals surface area contributed by atoms with E-state index in [0.717, 1.165) is 0 Å². The number of hydrogen-bond donors (Lipinski definition) is 2. The van der Waals surface area contributed by atoms with Crippen molar-refractivity contribution in [1.82, 2.24) is 5.32 Å². The van der Waals surface area contributed by atoms with Crippen LogP contribution in [0.1, 0.15) is 16.8 Å². The van der Waals surface area contributed by atoms with Gasteiger partial charge in [0.25, 0.3) is 5.91 Å². The Hall–Kier alpha value is -1.36. The van der Waals surface area contributed by atoms with Crippen LogP contribution >= 0.6 is 0 Å². The maximum atomic E-state index is 11.5. The van der Waals surface area contributed by atoms with Gasteiger partial charge in [0, 0.05) is 34.9 Å². The molecular weight excluding hydrogens is 226 g/mol. The van der Waals surface area contributed by atoms with Gasteiger partial charge in [0.15, 0.2) is 0 Å². The highest BCUT2D eigenvalue weighted by Crippen LogP contribution is 2.10. The second-order valence-electron chi connectivity index (χ2n) is 3.44. The molecule has 0 heterocycles. The number of carbonyl (C=O) groups is 1. The summed E-state index contributed by atoms with van der Waals surface area (Å²) >= 11 is 0. The van der Waals surface area contributed by atoms with E-state index in [1.807, 2.05) is 0 Å². The van der Waals surface area contributed by atoms with Crippen LogP contribution in [0.15, 0.2) is 24.3 Å². The molecule has 0 fully saturated rings. The van der Waals surface area contributed by atoms with E-state index in [-0.39, 0.29) is 11.7 Å². The van der Waals surface area contributed by atoms with Gasteiger partial charge in [0.1, 0.15) is 5.75 Å². The van der Waals surface area contributed by atoms with E-state index in [1.165, 1.54) is 12.1 Å². The second kappa shape index (κ2) is 6.27. The maximum absolute atomic E-state index is 11.5. The lowest BCUT2D eigenvalue weighted by Gasteiger charge is -2.04. The zero-order valence-electron chi connectivity index (χ0n) is 9.10. The monoisotopic (exact) mass is 241 g/mol. The van der Waals surface area contributed by atoms with Crippen molar-refractivity contribution in [2.75, 3.05) is 18.6 Å². The van der Waals surface area contributed by atoms with Gasteiger partial charge in [-0.3, -0.25) is 9.00 Å². The fraction of sp³-hybridized carbons (Fsp3) is 0.364. The summed E-state index contributed by atoms with van der Waals surface area (Å²) in [6.07, 6.45) is 2.32. The number of phenols is 1. The van der Waals surface area contributed by atoms with Crippen LogP contribution in [-0.2, 0) is 10.8 Å². The van der Waals surface area contributed by atoms with Crippen LogP contribution in [0, 0.1) is 0 Å². The first-order valence-corrected chi connectivity index (χ1v) is 6.69. The quantitative estimate of drug-likeness (QED) is 0.752. The molecule has 1 rings (SSSR count). The van der Waals surface area contributed by atoms with Gasteiger partial charge in [-0.2, -0.15) is 0 Å². The smallest absolute Gasteiger partial charge is 0.251 e. The molecule has 1 unspecified atom stereocenters. The molecule has 0 bridgehead atoms. The Morgan fingerprint density at radius 3 is 2.88 bits per heavy atom. The second-order valence-corrected chi connectivity index (χ2v) is 4.99. The standard InChI is InChI=1S/C11H15NO3S/c1-16(15)7-3-6-12-11(14)9-4-2-5-10(13)8-9/h2,4-5,8,13H,3,6-7H2,1H3,(H,12,14). The number of hydrogen-bond acceptors (Lipinski definition) is 3. The summed E-state index contributed by atoms with van der Waals surface area (Å²) in [5, 5.41) is 11.9. The third-order valence-corrected chi connectivity index (χ3v) is 2.87. The topological polar surface area (TPSA) is 66.4 Å². The average molecular weight is 241 g/mol. The number of benzene rings is 1. The molecule has 5 heteroatoms. The first kappa shape index (κ1) is 12.7. The zero-order chi connectivity index (χ0) is 12.0.